The van der Waals surface area contributed by atoms with Gasteiger partial charge in [0.25, 0.3) is 0 Å². The summed E-state index contributed by atoms with van der Waals surface area (Å²) < 4.78 is 7.33. The quantitative estimate of drug-likeness (QED) is 0.185. The minimum Gasteiger partial charge on any atom is -0.309 e. The molecule has 7 aromatic carbocycles. The van der Waals surface area contributed by atoms with Crippen molar-refractivity contribution < 1.29 is 0 Å². The van der Waals surface area contributed by atoms with Crippen molar-refractivity contribution in [1.29, 1.82) is 0 Å². The van der Waals surface area contributed by atoms with Crippen LogP contribution in [0.5, 0.6) is 0 Å². The van der Waals surface area contributed by atoms with Crippen LogP contribution >= 0.6 is 22.7 Å². The summed E-state index contributed by atoms with van der Waals surface area (Å²) in [7, 11) is 0. The summed E-state index contributed by atoms with van der Waals surface area (Å²) in [6.07, 6.45) is 0. The smallest absolute Gasteiger partial charge is 0.160 e. The minimum atomic E-state index is 0.734. The largest absolute Gasteiger partial charge is 0.309 e. The van der Waals surface area contributed by atoms with Gasteiger partial charge in [-0.2, -0.15) is 0 Å². The van der Waals surface area contributed by atoms with Gasteiger partial charge in [-0.15, -0.1) is 22.7 Å². The van der Waals surface area contributed by atoms with E-state index in [1.165, 1.54) is 57.6 Å². The SMILES string of the molecule is c1ccc(-c2nc(-c3cccc(-c4cc(-n5c6ccccc6c6ccccc65)cc5c4sc4ccccc45)c3)nc3c2sc2ccccc23)cc1. The van der Waals surface area contributed by atoms with Crippen LogP contribution < -0.4 is 0 Å². The first-order chi connectivity index (χ1) is 25.3. The Labute approximate surface area is 301 Å². The summed E-state index contributed by atoms with van der Waals surface area (Å²) in [5.74, 6) is 0.734. The molecule has 4 heterocycles. The van der Waals surface area contributed by atoms with Crippen LogP contribution in [-0.4, -0.2) is 14.5 Å². The molecule has 0 N–H and O–H groups in total. The van der Waals surface area contributed by atoms with Gasteiger partial charge in [0.2, 0.25) is 0 Å². The number of rotatable bonds is 4. The van der Waals surface area contributed by atoms with Crippen molar-refractivity contribution in [3.8, 4) is 39.5 Å². The highest BCUT2D eigenvalue weighted by atomic mass is 32.1. The average molecular weight is 686 g/mol. The molecule has 11 aromatic rings. The van der Waals surface area contributed by atoms with E-state index in [1.54, 1.807) is 11.3 Å². The number of para-hydroxylation sites is 2. The number of benzene rings is 7. The Kier molecular flexibility index (Phi) is 6.29. The number of nitrogens with zero attached hydrogens (tertiary/aromatic N) is 3. The summed E-state index contributed by atoms with van der Waals surface area (Å²) in [4.78, 5) is 10.6. The lowest BCUT2D eigenvalue weighted by atomic mass is 9.99. The van der Waals surface area contributed by atoms with E-state index in [4.69, 9.17) is 9.97 Å². The summed E-state index contributed by atoms with van der Waals surface area (Å²) in [5.41, 5.74) is 9.98. The number of thiophene rings is 2. The molecule has 4 aromatic heterocycles. The molecule has 0 atom stereocenters. The van der Waals surface area contributed by atoms with Crippen molar-refractivity contribution in [2.45, 2.75) is 0 Å². The van der Waals surface area contributed by atoms with E-state index in [9.17, 15) is 0 Å². The van der Waals surface area contributed by atoms with Gasteiger partial charge in [-0.1, -0.05) is 121 Å². The lowest BCUT2D eigenvalue weighted by Crippen LogP contribution is -1.96. The van der Waals surface area contributed by atoms with Gasteiger partial charge in [-0.3, -0.25) is 0 Å². The Bertz CT molecular complexity index is 3100. The fourth-order valence-electron chi connectivity index (χ4n) is 7.69. The predicted molar refractivity (Wildman–Crippen MR) is 218 cm³/mol. The van der Waals surface area contributed by atoms with Crippen molar-refractivity contribution in [2.75, 3.05) is 0 Å². The normalized spacial score (nSPS) is 11.9. The highest BCUT2D eigenvalue weighted by Crippen LogP contribution is 2.44. The van der Waals surface area contributed by atoms with E-state index in [0.29, 0.717) is 0 Å². The van der Waals surface area contributed by atoms with Gasteiger partial charge in [0.1, 0.15) is 0 Å². The second kappa shape index (κ2) is 11.2. The third kappa shape index (κ3) is 4.42. The maximum Gasteiger partial charge on any atom is 0.160 e. The molecule has 0 aliphatic heterocycles. The zero-order valence-electron chi connectivity index (χ0n) is 27.2. The summed E-state index contributed by atoms with van der Waals surface area (Å²) in [6.45, 7) is 0. The summed E-state index contributed by atoms with van der Waals surface area (Å²) in [6, 6.07) is 58.9. The van der Waals surface area contributed by atoms with Crippen LogP contribution in [0.3, 0.4) is 0 Å². The van der Waals surface area contributed by atoms with Crippen molar-refractivity contribution in [3.63, 3.8) is 0 Å². The van der Waals surface area contributed by atoms with Crippen LogP contribution in [0.1, 0.15) is 0 Å². The maximum atomic E-state index is 5.29. The summed E-state index contributed by atoms with van der Waals surface area (Å²) in [5, 5.41) is 6.23. The van der Waals surface area contributed by atoms with Crippen molar-refractivity contribution in [2.24, 2.45) is 0 Å². The number of aromatic nitrogens is 3. The molecule has 11 rings (SSSR count). The van der Waals surface area contributed by atoms with Gasteiger partial charge in [0.05, 0.1) is 26.9 Å². The molecule has 0 fully saturated rings. The molecule has 0 aliphatic rings. The lowest BCUT2D eigenvalue weighted by Gasteiger charge is -2.13. The first-order valence-corrected chi connectivity index (χ1v) is 18.7. The predicted octanol–water partition coefficient (Wildman–Crippen LogP) is 13.3. The molecular weight excluding hydrogens is 659 g/mol. The topological polar surface area (TPSA) is 30.7 Å². The molecule has 3 nitrogen and oxygen atoms in total. The standard InChI is InChI=1S/C46H27N3S2/c1-2-13-28(14-3-1)42-45-43(35-20-7-11-24-41(35)51-45)48-46(47-42)30-16-12-15-29(25-30)36-26-31(27-37-34-19-6-10-23-40(34)50-44(36)37)49-38-21-8-4-17-32(38)33-18-5-9-22-39(33)49/h1-27H. The Balaban J connectivity index is 1.17. The van der Waals surface area contributed by atoms with Crippen molar-refractivity contribution >= 4 is 85.0 Å². The first-order valence-electron chi connectivity index (χ1n) is 17.1. The Hall–Kier alpha value is -6.14. The molecule has 5 heteroatoms. The van der Waals surface area contributed by atoms with Crippen LogP contribution in [-0.2, 0) is 0 Å². The van der Waals surface area contributed by atoms with Crippen LogP contribution in [0.15, 0.2) is 164 Å². The van der Waals surface area contributed by atoms with Gasteiger partial charge < -0.3 is 4.57 Å². The first kappa shape index (κ1) is 28.7. The number of hydrogen-bond donors (Lipinski definition) is 0. The fourth-order valence-corrected chi connectivity index (χ4v) is 10.1. The van der Waals surface area contributed by atoms with Crippen molar-refractivity contribution in [1.82, 2.24) is 14.5 Å². The van der Waals surface area contributed by atoms with E-state index in [1.807, 2.05) is 11.3 Å². The molecule has 0 saturated heterocycles. The Morgan fingerprint density at radius 2 is 1.00 bits per heavy atom. The third-order valence-electron chi connectivity index (χ3n) is 10.00. The van der Waals surface area contributed by atoms with Crippen LogP contribution in [0.25, 0.3) is 102 Å². The maximum absolute atomic E-state index is 5.29. The van der Waals surface area contributed by atoms with E-state index < -0.39 is 0 Å². The van der Waals surface area contributed by atoms with E-state index >= 15 is 0 Å². The monoisotopic (exact) mass is 685 g/mol. The van der Waals surface area contributed by atoms with Gasteiger partial charge in [0, 0.05) is 63.4 Å². The van der Waals surface area contributed by atoms with Crippen LogP contribution in [0.4, 0.5) is 0 Å². The van der Waals surface area contributed by atoms with Crippen LogP contribution in [0.2, 0.25) is 0 Å². The molecule has 238 valence electrons. The molecule has 0 unspecified atom stereocenters. The zero-order chi connectivity index (χ0) is 33.5. The lowest BCUT2D eigenvalue weighted by molar-refractivity contribution is 1.19. The zero-order valence-corrected chi connectivity index (χ0v) is 28.9. The number of fused-ring (bicyclic) bond motifs is 9. The van der Waals surface area contributed by atoms with Crippen LogP contribution in [0, 0.1) is 0 Å². The molecule has 0 amide bonds. The van der Waals surface area contributed by atoms with E-state index in [-0.39, 0.29) is 0 Å². The Morgan fingerprint density at radius 3 is 1.76 bits per heavy atom. The highest BCUT2D eigenvalue weighted by molar-refractivity contribution is 7.26. The second-order valence-electron chi connectivity index (χ2n) is 13.0. The molecule has 0 bridgehead atoms. The molecule has 51 heavy (non-hydrogen) atoms. The van der Waals surface area contributed by atoms with Gasteiger partial charge in [-0.25, -0.2) is 9.97 Å². The van der Waals surface area contributed by atoms with E-state index in [0.717, 1.165) is 44.1 Å². The van der Waals surface area contributed by atoms with Gasteiger partial charge in [-0.05, 0) is 48.0 Å². The van der Waals surface area contributed by atoms with Gasteiger partial charge >= 0.3 is 0 Å². The third-order valence-corrected chi connectivity index (χ3v) is 12.4. The molecular formula is C46H27N3S2. The van der Waals surface area contributed by atoms with Gasteiger partial charge in [0.15, 0.2) is 5.82 Å². The fraction of sp³-hybridized carbons (Fsp3) is 0. The molecule has 0 aliphatic carbocycles. The highest BCUT2D eigenvalue weighted by Gasteiger charge is 2.19. The Morgan fingerprint density at radius 1 is 0.412 bits per heavy atom. The van der Waals surface area contributed by atoms with E-state index in [2.05, 4.69) is 168 Å². The molecule has 0 spiro atoms. The molecule has 0 radical (unpaired) electrons. The second-order valence-corrected chi connectivity index (χ2v) is 15.1. The summed E-state index contributed by atoms with van der Waals surface area (Å²) >= 11 is 3.63. The average Bonchev–Trinajstić information content (AvgIpc) is 3.87. The number of hydrogen-bond acceptors (Lipinski definition) is 4. The van der Waals surface area contributed by atoms with Crippen molar-refractivity contribution in [3.05, 3.63) is 164 Å². The molecule has 0 saturated carbocycles. The minimum absolute atomic E-state index is 0.734.